The van der Waals surface area contributed by atoms with Gasteiger partial charge in [-0.15, -0.1) is 17.8 Å². The maximum absolute atomic E-state index is 12.9. The van der Waals surface area contributed by atoms with Gasteiger partial charge in [-0.2, -0.15) is 4.31 Å². The maximum atomic E-state index is 12.9. The number of nitrogens with zero attached hydrogens (tertiary/aromatic N) is 3. The van der Waals surface area contributed by atoms with Crippen molar-refractivity contribution < 1.29 is 13.2 Å². The van der Waals surface area contributed by atoms with Crippen LogP contribution in [-0.4, -0.2) is 55.2 Å². The first-order valence-electron chi connectivity index (χ1n) is 9.14. The fraction of sp³-hybridized carbons (Fsp3) is 0.400. The molecule has 29 heavy (non-hydrogen) atoms. The summed E-state index contributed by atoms with van der Waals surface area (Å²) in [6.07, 6.45) is 6.56. The van der Waals surface area contributed by atoms with Gasteiger partial charge in [-0.25, -0.2) is 13.4 Å². The first-order chi connectivity index (χ1) is 13.7. The molecule has 0 N–H and O–H groups in total. The van der Waals surface area contributed by atoms with Crippen LogP contribution in [0.5, 0.6) is 0 Å². The molecule has 1 amide bonds. The molecule has 0 unspecified atom stereocenters. The predicted octanol–water partition coefficient (Wildman–Crippen LogP) is 3.38. The molecule has 2 heterocycles. The van der Waals surface area contributed by atoms with E-state index in [4.69, 9.17) is 18.0 Å². The van der Waals surface area contributed by atoms with Crippen LogP contribution in [0.3, 0.4) is 0 Å². The van der Waals surface area contributed by atoms with E-state index >= 15 is 0 Å². The second kappa shape index (κ2) is 8.84. The van der Waals surface area contributed by atoms with E-state index in [2.05, 4.69) is 10.9 Å². The number of halogens is 1. The minimum Gasteiger partial charge on any atom is -0.329 e. The number of amides is 1. The molecule has 0 spiro atoms. The Morgan fingerprint density at radius 1 is 1.41 bits per heavy atom. The van der Waals surface area contributed by atoms with Crippen molar-refractivity contribution in [3.05, 3.63) is 44.9 Å². The quantitative estimate of drug-likeness (QED) is 0.653. The molecule has 3 rings (SSSR count). The standard InChI is InChI=1S/C20H22ClN3O3S2/c1-4-9-23(3)20(25)18-13-28-19(22-18)15-7-10-24(11-8-15)29(26,27)16-6-5-14(2)17(21)12-16/h1,5-6,12-13,15H,7-11H2,2-3H3. The molecule has 6 nitrogen and oxygen atoms in total. The van der Waals surface area contributed by atoms with Gasteiger partial charge in [-0.05, 0) is 37.5 Å². The van der Waals surface area contributed by atoms with Crippen molar-refractivity contribution in [2.24, 2.45) is 0 Å². The summed E-state index contributed by atoms with van der Waals surface area (Å²) in [5, 5.41) is 3.04. The maximum Gasteiger partial charge on any atom is 0.273 e. The normalized spacial score (nSPS) is 15.8. The molecular weight excluding hydrogens is 430 g/mol. The molecule has 0 atom stereocenters. The van der Waals surface area contributed by atoms with Gasteiger partial charge in [0.1, 0.15) is 5.69 Å². The van der Waals surface area contributed by atoms with Gasteiger partial charge in [0.05, 0.1) is 16.4 Å². The van der Waals surface area contributed by atoms with Gasteiger partial charge >= 0.3 is 0 Å². The largest absolute Gasteiger partial charge is 0.329 e. The van der Waals surface area contributed by atoms with Crippen LogP contribution >= 0.6 is 22.9 Å². The summed E-state index contributed by atoms with van der Waals surface area (Å²) < 4.78 is 27.3. The predicted molar refractivity (Wildman–Crippen MR) is 115 cm³/mol. The topological polar surface area (TPSA) is 70.6 Å². The van der Waals surface area contributed by atoms with Crippen molar-refractivity contribution in [3.63, 3.8) is 0 Å². The fourth-order valence-corrected chi connectivity index (χ4v) is 5.91. The van der Waals surface area contributed by atoms with E-state index in [1.807, 2.05) is 6.92 Å². The third kappa shape index (κ3) is 4.64. The summed E-state index contributed by atoms with van der Waals surface area (Å²) in [6, 6.07) is 4.81. The molecule has 154 valence electrons. The van der Waals surface area contributed by atoms with E-state index in [0.29, 0.717) is 36.6 Å². The Labute approximate surface area is 180 Å². The highest BCUT2D eigenvalue weighted by molar-refractivity contribution is 7.89. The van der Waals surface area contributed by atoms with Crippen LogP contribution < -0.4 is 0 Å². The number of aromatic nitrogens is 1. The molecule has 9 heteroatoms. The number of carbonyl (C=O) groups excluding carboxylic acids is 1. The van der Waals surface area contributed by atoms with E-state index in [1.165, 1.54) is 26.6 Å². The van der Waals surface area contributed by atoms with Gasteiger partial charge in [0.2, 0.25) is 10.0 Å². The van der Waals surface area contributed by atoms with Crippen LogP contribution in [0.4, 0.5) is 0 Å². The zero-order valence-corrected chi connectivity index (χ0v) is 18.6. The number of aryl methyl sites for hydroxylation is 1. The van der Waals surface area contributed by atoms with Crippen LogP contribution in [0.25, 0.3) is 0 Å². The molecule has 0 aliphatic carbocycles. The molecule has 0 radical (unpaired) electrons. The van der Waals surface area contributed by atoms with Crippen LogP contribution in [0.2, 0.25) is 5.02 Å². The monoisotopic (exact) mass is 451 g/mol. The Morgan fingerprint density at radius 2 is 2.10 bits per heavy atom. The number of hydrogen-bond acceptors (Lipinski definition) is 5. The average molecular weight is 452 g/mol. The lowest BCUT2D eigenvalue weighted by molar-refractivity contribution is 0.0807. The van der Waals surface area contributed by atoms with Crippen LogP contribution in [0.1, 0.15) is 39.8 Å². The van der Waals surface area contributed by atoms with E-state index in [0.717, 1.165) is 10.6 Å². The number of sulfonamides is 1. The Morgan fingerprint density at radius 3 is 2.72 bits per heavy atom. The highest BCUT2D eigenvalue weighted by Gasteiger charge is 2.31. The van der Waals surface area contributed by atoms with Gasteiger partial charge < -0.3 is 4.90 Å². The third-order valence-electron chi connectivity index (χ3n) is 5.00. The molecule has 0 saturated carbocycles. The Balaban J connectivity index is 1.67. The summed E-state index contributed by atoms with van der Waals surface area (Å²) in [4.78, 5) is 18.4. The van der Waals surface area contributed by atoms with Crippen molar-refractivity contribution in [3.8, 4) is 12.3 Å². The van der Waals surface area contributed by atoms with Crippen molar-refractivity contribution in [1.82, 2.24) is 14.2 Å². The number of carbonyl (C=O) groups is 1. The summed E-state index contributed by atoms with van der Waals surface area (Å²) in [5.74, 6) is 2.36. The zero-order chi connectivity index (χ0) is 21.2. The van der Waals surface area contributed by atoms with Crippen molar-refractivity contribution in [2.75, 3.05) is 26.7 Å². The van der Waals surface area contributed by atoms with Gasteiger partial charge in [-0.3, -0.25) is 4.79 Å². The van der Waals surface area contributed by atoms with Gasteiger partial charge in [-0.1, -0.05) is 23.6 Å². The summed E-state index contributed by atoms with van der Waals surface area (Å²) in [5.41, 5.74) is 1.22. The molecular formula is C20H22ClN3O3S2. The number of benzene rings is 1. The first-order valence-corrected chi connectivity index (χ1v) is 11.8. The molecule has 1 aliphatic rings. The minimum atomic E-state index is -3.58. The zero-order valence-electron chi connectivity index (χ0n) is 16.3. The van der Waals surface area contributed by atoms with Gasteiger partial charge in [0, 0.05) is 36.5 Å². The number of thiazole rings is 1. The highest BCUT2D eigenvalue weighted by atomic mass is 35.5. The van der Waals surface area contributed by atoms with Crippen molar-refractivity contribution >= 4 is 38.9 Å². The van der Waals surface area contributed by atoms with E-state index < -0.39 is 10.0 Å². The Bertz CT molecular complexity index is 1050. The Hall–Kier alpha value is -1.92. The molecule has 1 fully saturated rings. The van der Waals surface area contributed by atoms with Crippen LogP contribution in [-0.2, 0) is 10.0 Å². The van der Waals surface area contributed by atoms with Crippen LogP contribution in [0.15, 0.2) is 28.5 Å². The lowest BCUT2D eigenvalue weighted by atomic mass is 9.99. The first kappa shape index (κ1) is 21.8. The summed E-state index contributed by atoms with van der Waals surface area (Å²) in [6.45, 7) is 2.86. The van der Waals surface area contributed by atoms with Crippen LogP contribution in [0, 0.1) is 19.3 Å². The lowest BCUT2D eigenvalue weighted by Gasteiger charge is -2.30. The average Bonchev–Trinajstić information content (AvgIpc) is 3.20. The third-order valence-corrected chi connectivity index (χ3v) is 8.31. The molecule has 1 aliphatic heterocycles. The molecule has 1 saturated heterocycles. The lowest BCUT2D eigenvalue weighted by Crippen LogP contribution is -2.37. The summed E-state index contributed by atoms with van der Waals surface area (Å²) in [7, 11) is -1.94. The fourth-order valence-electron chi connectivity index (χ4n) is 3.20. The number of rotatable bonds is 5. The second-order valence-corrected chi connectivity index (χ2v) is 10.3. The smallest absolute Gasteiger partial charge is 0.273 e. The molecule has 0 bridgehead atoms. The van der Waals surface area contributed by atoms with E-state index in [-0.39, 0.29) is 23.3 Å². The second-order valence-electron chi connectivity index (χ2n) is 7.03. The van der Waals surface area contributed by atoms with E-state index in [1.54, 1.807) is 24.6 Å². The Kier molecular flexibility index (Phi) is 6.64. The number of hydrogen-bond donors (Lipinski definition) is 0. The molecule has 1 aromatic heterocycles. The van der Waals surface area contributed by atoms with E-state index in [9.17, 15) is 13.2 Å². The number of terminal acetylenes is 1. The number of piperidine rings is 1. The molecule has 2 aromatic rings. The SMILES string of the molecule is C#CCN(C)C(=O)c1csc(C2CCN(S(=O)(=O)c3ccc(C)c(Cl)c3)CC2)n1. The van der Waals surface area contributed by atoms with Crippen molar-refractivity contribution in [1.29, 1.82) is 0 Å². The van der Waals surface area contributed by atoms with Crippen molar-refractivity contribution in [2.45, 2.75) is 30.6 Å². The van der Waals surface area contributed by atoms with Gasteiger partial charge in [0.25, 0.3) is 5.91 Å². The summed E-state index contributed by atoms with van der Waals surface area (Å²) >= 11 is 7.53. The molecule has 1 aromatic carbocycles. The highest BCUT2D eigenvalue weighted by Crippen LogP contribution is 2.33. The van der Waals surface area contributed by atoms with Gasteiger partial charge in [0.15, 0.2) is 0 Å². The minimum absolute atomic E-state index is 0.132.